The molecule has 1 aliphatic carbocycles. The molecule has 1 aromatic rings. The van der Waals surface area contributed by atoms with Crippen molar-refractivity contribution >= 4 is 23.3 Å². The highest BCUT2D eigenvalue weighted by molar-refractivity contribution is 6.29. The Bertz CT molecular complexity index is 424. The number of amides is 1. The molecule has 3 N–H and O–H groups in total. The van der Waals surface area contributed by atoms with Crippen LogP contribution in [-0.4, -0.2) is 16.9 Å². The molecule has 1 aliphatic rings. The molecule has 1 aromatic heterocycles. The van der Waals surface area contributed by atoms with E-state index in [2.05, 4.69) is 17.2 Å². The van der Waals surface area contributed by atoms with Gasteiger partial charge in [0.25, 0.3) is 5.91 Å². The first-order valence-electron chi connectivity index (χ1n) is 6.30. The summed E-state index contributed by atoms with van der Waals surface area (Å²) in [4.78, 5) is 15.9. The zero-order valence-electron chi connectivity index (χ0n) is 10.4. The van der Waals surface area contributed by atoms with Gasteiger partial charge in [-0.15, -0.1) is 0 Å². The molecule has 0 radical (unpaired) electrons. The largest absolute Gasteiger partial charge is 0.384 e. The lowest BCUT2D eigenvalue weighted by Gasteiger charge is -2.20. The van der Waals surface area contributed by atoms with Gasteiger partial charge in [-0.25, -0.2) is 4.98 Å². The first-order valence-corrected chi connectivity index (χ1v) is 6.68. The second-order valence-electron chi connectivity index (χ2n) is 4.91. The topological polar surface area (TPSA) is 68.0 Å². The molecule has 0 bridgehead atoms. The zero-order valence-corrected chi connectivity index (χ0v) is 11.2. The van der Waals surface area contributed by atoms with E-state index in [0.29, 0.717) is 11.5 Å². The second-order valence-corrected chi connectivity index (χ2v) is 5.30. The van der Waals surface area contributed by atoms with E-state index >= 15 is 0 Å². The van der Waals surface area contributed by atoms with Gasteiger partial charge >= 0.3 is 0 Å². The maximum Gasteiger partial charge on any atom is 0.251 e. The molecule has 1 unspecified atom stereocenters. The lowest BCUT2D eigenvalue weighted by atomic mass is 9.99. The summed E-state index contributed by atoms with van der Waals surface area (Å²) in [6, 6.07) is 3.27. The van der Waals surface area contributed by atoms with Crippen LogP contribution in [0.4, 0.5) is 5.82 Å². The molecule has 1 fully saturated rings. The van der Waals surface area contributed by atoms with E-state index in [1.807, 2.05) is 0 Å². The normalized spacial score (nSPS) is 17.7. The van der Waals surface area contributed by atoms with Crippen LogP contribution in [0.5, 0.6) is 0 Å². The number of nitrogen functional groups attached to an aromatic ring is 1. The van der Waals surface area contributed by atoms with Gasteiger partial charge < -0.3 is 11.1 Å². The standard InChI is InChI=1S/C13H18ClN3O/c1-8(9-4-2-3-5-9)16-13(18)10-6-11(14)17-12(15)7-10/h6-9H,2-5H2,1H3,(H2,15,17)(H,16,18). The zero-order chi connectivity index (χ0) is 13.1. The molecular formula is C13H18ClN3O. The summed E-state index contributed by atoms with van der Waals surface area (Å²) in [5.41, 5.74) is 6.04. The number of nitrogens with zero attached hydrogens (tertiary/aromatic N) is 1. The average Bonchev–Trinajstić information content (AvgIpc) is 2.80. The van der Waals surface area contributed by atoms with Crippen LogP contribution in [0.3, 0.4) is 0 Å². The highest BCUT2D eigenvalue weighted by Gasteiger charge is 2.23. The fraction of sp³-hybridized carbons (Fsp3) is 0.538. The van der Waals surface area contributed by atoms with Gasteiger partial charge in [-0.1, -0.05) is 24.4 Å². The van der Waals surface area contributed by atoms with Crippen LogP contribution in [0.2, 0.25) is 5.15 Å². The Morgan fingerprint density at radius 1 is 1.50 bits per heavy atom. The second kappa shape index (κ2) is 5.57. The van der Waals surface area contributed by atoms with Crippen molar-refractivity contribution in [2.45, 2.75) is 38.6 Å². The highest BCUT2D eigenvalue weighted by atomic mass is 35.5. The summed E-state index contributed by atoms with van der Waals surface area (Å²) in [6.07, 6.45) is 4.92. The van der Waals surface area contributed by atoms with Crippen molar-refractivity contribution in [3.63, 3.8) is 0 Å². The van der Waals surface area contributed by atoms with E-state index in [1.165, 1.54) is 31.7 Å². The van der Waals surface area contributed by atoms with Gasteiger partial charge in [0.2, 0.25) is 0 Å². The van der Waals surface area contributed by atoms with Gasteiger partial charge in [-0.2, -0.15) is 0 Å². The number of rotatable bonds is 3. The van der Waals surface area contributed by atoms with Gasteiger partial charge in [0.15, 0.2) is 0 Å². The Balaban J connectivity index is 2.02. The maximum atomic E-state index is 12.1. The Morgan fingerprint density at radius 3 is 2.78 bits per heavy atom. The minimum atomic E-state index is -0.134. The van der Waals surface area contributed by atoms with Gasteiger partial charge in [0.05, 0.1) is 0 Å². The molecule has 1 atom stereocenters. The summed E-state index contributed by atoms with van der Waals surface area (Å²) in [5.74, 6) is 0.718. The number of carbonyl (C=O) groups excluding carboxylic acids is 1. The minimum Gasteiger partial charge on any atom is -0.384 e. The van der Waals surface area contributed by atoms with Crippen LogP contribution in [-0.2, 0) is 0 Å². The average molecular weight is 268 g/mol. The van der Waals surface area contributed by atoms with Crippen LogP contribution in [0.1, 0.15) is 43.0 Å². The number of hydrogen-bond acceptors (Lipinski definition) is 3. The van der Waals surface area contributed by atoms with E-state index in [4.69, 9.17) is 17.3 Å². The quantitative estimate of drug-likeness (QED) is 0.828. The molecule has 0 aliphatic heterocycles. The number of halogens is 1. The molecule has 98 valence electrons. The molecule has 18 heavy (non-hydrogen) atoms. The molecule has 1 saturated carbocycles. The van der Waals surface area contributed by atoms with Crippen molar-refractivity contribution in [3.8, 4) is 0 Å². The third-order valence-corrected chi connectivity index (χ3v) is 3.74. The fourth-order valence-electron chi connectivity index (χ4n) is 2.51. The molecule has 1 amide bonds. The maximum absolute atomic E-state index is 12.1. The molecule has 5 heteroatoms. The van der Waals surface area contributed by atoms with E-state index in [9.17, 15) is 4.79 Å². The van der Waals surface area contributed by atoms with E-state index < -0.39 is 0 Å². The van der Waals surface area contributed by atoms with Gasteiger partial charge in [0, 0.05) is 11.6 Å². The Hall–Kier alpha value is -1.29. The summed E-state index contributed by atoms with van der Waals surface area (Å²) >= 11 is 5.79. The van der Waals surface area contributed by atoms with Crippen molar-refractivity contribution in [2.24, 2.45) is 5.92 Å². The van der Waals surface area contributed by atoms with Gasteiger partial charge in [-0.3, -0.25) is 4.79 Å². The molecule has 1 heterocycles. The van der Waals surface area contributed by atoms with E-state index in [0.717, 1.165) is 0 Å². The van der Waals surface area contributed by atoms with Crippen molar-refractivity contribution in [1.82, 2.24) is 10.3 Å². The van der Waals surface area contributed by atoms with Crippen LogP contribution in [0.25, 0.3) is 0 Å². The fourth-order valence-corrected chi connectivity index (χ4v) is 2.73. The number of aromatic nitrogens is 1. The predicted molar refractivity (Wildman–Crippen MR) is 72.5 cm³/mol. The van der Waals surface area contributed by atoms with Crippen molar-refractivity contribution in [1.29, 1.82) is 0 Å². The minimum absolute atomic E-state index is 0.134. The first-order chi connectivity index (χ1) is 8.56. The Morgan fingerprint density at radius 2 is 2.17 bits per heavy atom. The van der Waals surface area contributed by atoms with Crippen molar-refractivity contribution in [2.75, 3.05) is 5.73 Å². The smallest absolute Gasteiger partial charge is 0.251 e. The van der Waals surface area contributed by atoms with E-state index in [1.54, 1.807) is 6.07 Å². The summed E-state index contributed by atoms with van der Waals surface area (Å²) in [7, 11) is 0. The summed E-state index contributed by atoms with van der Waals surface area (Å²) < 4.78 is 0. The molecule has 0 spiro atoms. The Labute approximate surface area is 112 Å². The van der Waals surface area contributed by atoms with Crippen molar-refractivity contribution in [3.05, 3.63) is 22.8 Å². The van der Waals surface area contributed by atoms with E-state index in [-0.39, 0.29) is 22.9 Å². The highest BCUT2D eigenvalue weighted by Crippen LogP contribution is 2.27. The van der Waals surface area contributed by atoms with Gasteiger partial charge in [0.1, 0.15) is 11.0 Å². The van der Waals surface area contributed by atoms with Gasteiger partial charge in [-0.05, 0) is 37.8 Å². The molecule has 4 nitrogen and oxygen atoms in total. The van der Waals surface area contributed by atoms with Crippen LogP contribution in [0.15, 0.2) is 12.1 Å². The summed E-state index contributed by atoms with van der Waals surface area (Å²) in [5, 5.41) is 3.26. The lowest BCUT2D eigenvalue weighted by Crippen LogP contribution is -2.37. The van der Waals surface area contributed by atoms with Crippen molar-refractivity contribution < 1.29 is 4.79 Å². The number of hydrogen-bond donors (Lipinski definition) is 2. The predicted octanol–water partition coefficient (Wildman–Crippen LogP) is 2.63. The molecular weight excluding hydrogens is 250 g/mol. The van der Waals surface area contributed by atoms with Crippen LogP contribution < -0.4 is 11.1 Å². The SMILES string of the molecule is CC(NC(=O)c1cc(N)nc(Cl)c1)C1CCCC1. The number of nitrogens with one attached hydrogen (secondary N) is 1. The third-order valence-electron chi connectivity index (χ3n) is 3.54. The third kappa shape index (κ3) is 3.13. The Kier molecular flexibility index (Phi) is 4.07. The molecule has 2 rings (SSSR count). The monoisotopic (exact) mass is 267 g/mol. The van der Waals surface area contributed by atoms with Crippen LogP contribution in [0, 0.1) is 5.92 Å². The number of nitrogens with two attached hydrogens (primary N) is 1. The number of pyridine rings is 1. The summed E-state index contributed by atoms with van der Waals surface area (Å²) in [6.45, 7) is 2.06. The first kappa shape index (κ1) is 13.1. The number of carbonyl (C=O) groups is 1. The molecule has 0 saturated heterocycles. The lowest BCUT2D eigenvalue weighted by molar-refractivity contribution is 0.0927. The number of anilines is 1. The van der Waals surface area contributed by atoms with Crippen LogP contribution >= 0.6 is 11.6 Å². The molecule has 0 aromatic carbocycles.